The number of fused-ring (bicyclic) bond motifs is 1. The maximum atomic E-state index is 10.4. The van der Waals surface area contributed by atoms with Gasteiger partial charge in [-0.25, -0.2) is 0 Å². The van der Waals surface area contributed by atoms with Gasteiger partial charge < -0.3 is 10.5 Å². The van der Waals surface area contributed by atoms with Gasteiger partial charge in [-0.1, -0.05) is 31.5 Å². The summed E-state index contributed by atoms with van der Waals surface area (Å²) in [4.78, 5) is 4.47. The van der Waals surface area contributed by atoms with E-state index < -0.39 is 0 Å². The van der Waals surface area contributed by atoms with E-state index in [-0.39, 0.29) is 0 Å². The Bertz CT molecular complexity index is 668. The minimum Gasteiger partial charge on any atom is -0.385 e. The minimum absolute atomic E-state index is 0.618. The number of nitrogens with zero attached hydrogens (tertiary/aromatic N) is 2. The number of hydrogen-bond donors (Lipinski definition) is 2. The highest BCUT2D eigenvalue weighted by Crippen LogP contribution is 2.23. The Kier molecular flexibility index (Phi) is 4.45. The number of hydrogen-bond acceptors (Lipinski definition) is 3. The van der Waals surface area contributed by atoms with Crippen LogP contribution in [-0.2, 0) is 6.42 Å². The van der Waals surface area contributed by atoms with Crippen molar-refractivity contribution in [2.75, 3.05) is 7.05 Å². The molecule has 0 bridgehead atoms. The minimum atomic E-state index is 0.618. The van der Waals surface area contributed by atoms with Crippen LogP contribution in [0.1, 0.15) is 31.8 Å². The van der Waals surface area contributed by atoms with E-state index in [9.17, 15) is 5.21 Å². The predicted molar refractivity (Wildman–Crippen MR) is 80.8 cm³/mol. The molecule has 0 saturated carbocycles. The molecule has 0 fully saturated rings. The smallest absolute Gasteiger partial charge is 0.337 e. The molecule has 0 aliphatic heterocycles. The topological polar surface area (TPSA) is 49.0 Å². The van der Waals surface area contributed by atoms with E-state index in [2.05, 4.69) is 17.2 Å². The van der Waals surface area contributed by atoms with Crippen LogP contribution >= 0.6 is 11.6 Å². The molecule has 0 aliphatic carbocycles. The van der Waals surface area contributed by atoms with E-state index in [4.69, 9.17) is 11.6 Å². The second-order valence-electron chi connectivity index (χ2n) is 4.48. The molecule has 2 rings (SSSR count). The molecule has 0 aliphatic rings. The van der Waals surface area contributed by atoms with Crippen LogP contribution in [0.3, 0.4) is 0 Å². The second-order valence-corrected chi connectivity index (χ2v) is 4.92. The number of aromatic nitrogens is 2. The predicted octanol–water partition coefficient (Wildman–Crippen LogP) is 2.95. The SMILES string of the molecule is CC/C=C(\NC)c1c2cc(Cl)ccc2nc(CC)[n+]1O. The number of nitrogens with one attached hydrogen (secondary N) is 1. The summed E-state index contributed by atoms with van der Waals surface area (Å²) in [7, 11) is 1.84. The van der Waals surface area contributed by atoms with Gasteiger partial charge in [-0.2, -0.15) is 0 Å². The Balaban J connectivity index is 2.86. The van der Waals surface area contributed by atoms with Crippen molar-refractivity contribution in [3.8, 4) is 0 Å². The lowest BCUT2D eigenvalue weighted by atomic mass is 10.1. The molecule has 1 aromatic heterocycles. The van der Waals surface area contributed by atoms with Gasteiger partial charge in [0.15, 0.2) is 5.52 Å². The average Bonchev–Trinajstić information content (AvgIpc) is 2.45. The Labute approximate surface area is 123 Å². The van der Waals surface area contributed by atoms with Crippen LogP contribution in [0.4, 0.5) is 0 Å². The first-order chi connectivity index (χ1) is 9.62. The molecule has 0 amide bonds. The highest BCUT2D eigenvalue weighted by molar-refractivity contribution is 6.31. The monoisotopic (exact) mass is 292 g/mol. The van der Waals surface area contributed by atoms with Gasteiger partial charge in [0.1, 0.15) is 0 Å². The molecular weight excluding hydrogens is 274 g/mol. The number of allylic oxidation sites excluding steroid dienone is 1. The van der Waals surface area contributed by atoms with Crippen molar-refractivity contribution in [2.45, 2.75) is 26.7 Å². The van der Waals surface area contributed by atoms with Crippen molar-refractivity contribution in [1.29, 1.82) is 0 Å². The molecule has 0 radical (unpaired) electrons. The second kappa shape index (κ2) is 6.09. The molecule has 4 nitrogen and oxygen atoms in total. The van der Waals surface area contributed by atoms with Gasteiger partial charge in [0.05, 0.1) is 17.5 Å². The summed E-state index contributed by atoms with van der Waals surface area (Å²) in [6.45, 7) is 4.01. The van der Waals surface area contributed by atoms with Crippen LogP contribution in [0.15, 0.2) is 24.3 Å². The number of aryl methyl sites for hydroxylation is 1. The molecule has 20 heavy (non-hydrogen) atoms. The third kappa shape index (κ3) is 2.56. The molecule has 2 N–H and O–H groups in total. The molecule has 0 spiro atoms. The summed E-state index contributed by atoms with van der Waals surface area (Å²) in [5.41, 5.74) is 2.38. The first kappa shape index (κ1) is 14.6. The number of halogens is 1. The van der Waals surface area contributed by atoms with Gasteiger partial charge >= 0.3 is 5.82 Å². The van der Waals surface area contributed by atoms with E-state index in [1.165, 1.54) is 0 Å². The zero-order valence-corrected chi connectivity index (χ0v) is 12.7. The van der Waals surface area contributed by atoms with E-state index in [0.29, 0.717) is 23.0 Å². The summed E-state index contributed by atoms with van der Waals surface area (Å²) >= 11 is 6.08. The summed E-state index contributed by atoms with van der Waals surface area (Å²) in [5.74, 6) is 0.618. The summed E-state index contributed by atoms with van der Waals surface area (Å²) < 4.78 is 1.15. The summed E-state index contributed by atoms with van der Waals surface area (Å²) in [5, 5.41) is 15.0. The van der Waals surface area contributed by atoms with Crippen LogP contribution in [-0.4, -0.2) is 17.2 Å². The number of rotatable bonds is 4. The van der Waals surface area contributed by atoms with E-state index in [1.54, 1.807) is 0 Å². The average molecular weight is 293 g/mol. The Hall–Kier alpha value is -1.81. The van der Waals surface area contributed by atoms with Gasteiger partial charge in [0.25, 0.3) is 0 Å². The normalized spacial score (nSPS) is 11.9. The van der Waals surface area contributed by atoms with Crippen LogP contribution in [0.25, 0.3) is 16.6 Å². The first-order valence-electron chi connectivity index (χ1n) is 6.74. The van der Waals surface area contributed by atoms with Crippen molar-refractivity contribution in [3.05, 3.63) is 40.8 Å². The molecule has 1 aromatic carbocycles. The third-order valence-corrected chi connectivity index (χ3v) is 3.40. The fraction of sp³-hybridized carbons (Fsp3) is 0.333. The lowest BCUT2D eigenvalue weighted by Crippen LogP contribution is -2.42. The van der Waals surface area contributed by atoms with Crippen LogP contribution in [0.2, 0.25) is 5.02 Å². The zero-order chi connectivity index (χ0) is 14.7. The third-order valence-electron chi connectivity index (χ3n) is 3.17. The van der Waals surface area contributed by atoms with E-state index >= 15 is 0 Å². The maximum absolute atomic E-state index is 10.4. The Morgan fingerprint density at radius 1 is 1.45 bits per heavy atom. The van der Waals surface area contributed by atoms with Gasteiger partial charge in [-0.15, -0.1) is 0 Å². The summed E-state index contributed by atoms with van der Waals surface area (Å²) in [6.07, 6.45) is 3.54. The van der Waals surface area contributed by atoms with Gasteiger partial charge in [-0.05, 0) is 34.3 Å². The zero-order valence-electron chi connectivity index (χ0n) is 11.9. The number of benzene rings is 1. The quantitative estimate of drug-likeness (QED) is 0.673. The van der Waals surface area contributed by atoms with Crippen molar-refractivity contribution >= 4 is 28.2 Å². The molecule has 1 heterocycles. The fourth-order valence-electron chi connectivity index (χ4n) is 2.23. The van der Waals surface area contributed by atoms with Crippen LogP contribution in [0, 0.1) is 0 Å². The molecule has 0 unspecified atom stereocenters. The maximum Gasteiger partial charge on any atom is 0.337 e. The molecule has 0 saturated heterocycles. The van der Waals surface area contributed by atoms with Crippen molar-refractivity contribution in [3.63, 3.8) is 0 Å². The Morgan fingerprint density at radius 3 is 2.80 bits per heavy atom. The van der Waals surface area contributed by atoms with Gasteiger partial charge in [-0.3, -0.25) is 0 Å². The van der Waals surface area contributed by atoms with Crippen LogP contribution < -0.4 is 10.0 Å². The highest BCUT2D eigenvalue weighted by Gasteiger charge is 2.23. The van der Waals surface area contributed by atoms with Crippen molar-refractivity contribution < 1.29 is 9.94 Å². The highest BCUT2D eigenvalue weighted by atomic mass is 35.5. The van der Waals surface area contributed by atoms with Crippen molar-refractivity contribution in [1.82, 2.24) is 10.3 Å². The fourth-order valence-corrected chi connectivity index (χ4v) is 2.41. The van der Waals surface area contributed by atoms with Gasteiger partial charge in [0.2, 0.25) is 5.69 Å². The first-order valence-corrected chi connectivity index (χ1v) is 7.11. The van der Waals surface area contributed by atoms with E-state index in [0.717, 1.165) is 27.8 Å². The Morgan fingerprint density at radius 2 is 2.20 bits per heavy atom. The van der Waals surface area contributed by atoms with Gasteiger partial charge in [0, 0.05) is 12.1 Å². The lowest BCUT2D eigenvalue weighted by Gasteiger charge is -2.09. The molecule has 0 atom stereocenters. The largest absolute Gasteiger partial charge is 0.385 e. The standard InChI is InChI=1S/C15H19ClN3O/c1-4-6-13(17-3)15-11-9-10(16)7-8-12(11)18-14(5-2)19(15)20/h6-9,17,20H,4-5H2,1-3H3/q+1/b13-6-. The molecule has 106 valence electrons. The van der Waals surface area contributed by atoms with Crippen LogP contribution in [0.5, 0.6) is 0 Å². The molecular formula is C15H19ClN3O+. The summed E-state index contributed by atoms with van der Waals surface area (Å²) in [6, 6.07) is 5.51. The van der Waals surface area contributed by atoms with Crippen molar-refractivity contribution in [2.24, 2.45) is 0 Å². The lowest BCUT2D eigenvalue weighted by molar-refractivity contribution is -0.912. The molecule has 5 heteroatoms. The van der Waals surface area contributed by atoms with E-state index in [1.807, 2.05) is 38.2 Å². The molecule has 2 aromatic rings.